The number of hydrogen-bond donors (Lipinski definition) is 2. The lowest BCUT2D eigenvalue weighted by Gasteiger charge is -2.09. The normalized spacial score (nSPS) is 10.4. The smallest absolute Gasteiger partial charge is 0.274 e. The first kappa shape index (κ1) is 16.8. The first-order chi connectivity index (χ1) is 12.0. The van der Waals surface area contributed by atoms with Gasteiger partial charge in [0, 0.05) is 6.20 Å². The Morgan fingerprint density at radius 2 is 1.72 bits per heavy atom. The molecule has 0 radical (unpaired) electrons. The van der Waals surface area contributed by atoms with Crippen molar-refractivity contribution in [2.24, 2.45) is 0 Å². The van der Waals surface area contributed by atoms with E-state index in [4.69, 9.17) is 11.6 Å². The Hall–Kier alpha value is -3.06. The molecule has 8 heteroatoms. The van der Waals surface area contributed by atoms with Crippen LogP contribution in [0.3, 0.4) is 0 Å². The number of para-hydroxylation sites is 2. The lowest BCUT2D eigenvalue weighted by atomic mass is 10.3. The standard InChI is InChI=1S/C17H11ClF2N4O/c18-10-4-1-2-7-13(10)22-16(25)14-8-9-21-17(23-14)24-15-11(19)5-3-6-12(15)20/h1-9H,(H,22,25)(H,21,23,24). The number of benzene rings is 2. The molecule has 126 valence electrons. The second-order valence-corrected chi connectivity index (χ2v) is 5.33. The number of nitrogens with one attached hydrogen (secondary N) is 2. The van der Waals surface area contributed by atoms with Gasteiger partial charge in [-0.3, -0.25) is 4.79 Å². The predicted molar refractivity (Wildman–Crippen MR) is 91.1 cm³/mol. The van der Waals surface area contributed by atoms with Crippen LogP contribution in [0.25, 0.3) is 0 Å². The minimum absolute atomic E-state index is 0.00849. The quantitative estimate of drug-likeness (QED) is 0.723. The summed E-state index contributed by atoms with van der Waals surface area (Å²) in [6.45, 7) is 0. The molecule has 0 spiro atoms. The summed E-state index contributed by atoms with van der Waals surface area (Å²) in [4.78, 5) is 20.1. The number of aromatic nitrogens is 2. The maximum Gasteiger partial charge on any atom is 0.274 e. The van der Waals surface area contributed by atoms with Gasteiger partial charge in [0.2, 0.25) is 5.95 Å². The van der Waals surface area contributed by atoms with Gasteiger partial charge in [0.1, 0.15) is 23.0 Å². The van der Waals surface area contributed by atoms with E-state index in [2.05, 4.69) is 20.6 Å². The van der Waals surface area contributed by atoms with Gasteiger partial charge in [0.15, 0.2) is 0 Å². The molecular weight excluding hydrogens is 350 g/mol. The zero-order chi connectivity index (χ0) is 17.8. The molecule has 1 heterocycles. The molecule has 3 aromatic rings. The highest BCUT2D eigenvalue weighted by atomic mass is 35.5. The number of amides is 1. The lowest BCUT2D eigenvalue weighted by molar-refractivity contribution is 0.102. The third-order valence-corrected chi connectivity index (χ3v) is 3.54. The predicted octanol–water partition coefficient (Wildman–Crippen LogP) is 4.40. The molecule has 5 nitrogen and oxygen atoms in total. The van der Waals surface area contributed by atoms with E-state index in [0.29, 0.717) is 10.7 Å². The lowest BCUT2D eigenvalue weighted by Crippen LogP contribution is -2.15. The van der Waals surface area contributed by atoms with Gasteiger partial charge < -0.3 is 10.6 Å². The van der Waals surface area contributed by atoms with Gasteiger partial charge in [-0.15, -0.1) is 0 Å². The van der Waals surface area contributed by atoms with Crippen LogP contribution in [0.5, 0.6) is 0 Å². The Balaban J connectivity index is 1.82. The van der Waals surface area contributed by atoms with Crippen molar-refractivity contribution >= 4 is 34.8 Å². The number of anilines is 3. The van der Waals surface area contributed by atoms with Crippen LogP contribution in [-0.4, -0.2) is 15.9 Å². The fraction of sp³-hybridized carbons (Fsp3) is 0. The van der Waals surface area contributed by atoms with Crippen LogP contribution in [0.15, 0.2) is 54.7 Å². The van der Waals surface area contributed by atoms with Crippen LogP contribution in [-0.2, 0) is 0 Å². The molecule has 2 aromatic carbocycles. The molecule has 1 amide bonds. The van der Waals surface area contributed by atoms with E-state index in [0.717, 1.165) is 12.1 Å². The van der Waals surface area contributed by atoms with Gasteiger partial charge in [-0.05, 0) is 30.3 Å². The summed E-state index contributed by atoms with van der Waals surface area (Å²) in [5.74, 6) is -2.24. The molecule has 0 unspecified atom stereocenters. The van der Waals surface area contributed by atoms with Crippen LogP contribution in [0.4, 0.5) is 26.1 Å². The first-order valence-electron chi connectivity index (χ1n) is 7.14. The van der Waals surface area contributed by atoms with E-state index in [1.807, 2.05) is 0 Å². The largest absolute Gasteiger partial charge is 0.319 e. The third-order valence-electron chi connectivity index (χ3n) is 3.21. The highest BCUT2D eigenvalue weighted by molar-refractivity contribution is 6.33. The van der Waals surface area contributed by atoms with E-state index in [1.54, 1.807) is 24.3 Å². The third kappa shape index (κ3) is 3.89. The van der Waals surface area contributed by atoms with Crippen molar-refractivity contribution in [2.45, 2.75) is 0 Å². The van der Waals surface area contributed by atoms with Crippen molar-refractivity contribution in [1.82, 2.24) is 9.97 Å². The molecule has 0 saturated heterocycles. The second-order valence-electron chi connectivity index (χ2n) is 4.92. The van der Waals surface area contributed by atoms with Gasteiger partial charge >= 0.3 is 0 Å². The molecule has 3 rings (SSSR count). The second kappa shape index (κ2) is 7.23. The minimum Gasteiger partial charge on any atom is -0.319 e. The molecule has 25 heavy (non-hydrogen) atoms. The number of halogens is 3. The zero-order valence-corrected chi connectivity index (χ0v) is 13.4. The number of hydrogen-bond acceptors (Lipinski definition) is 4. The Morgan fingerprint density at radius 1 is 1.00 bits per heavy atom. The number of carbonyl (C=O) groups is 1. The summed E-state index contributed by atoms with van der Waals surface area (Å²) in [5, 5.41) is 5.41. The Labute approximate surface area is 146 Å². The number of nitrogens with zero attached hydrogens (tertiary/aromatic N) is 2. The van der Waals surface area contributed by atoms with Crippen LogP contribution < -0.4 is 10.6 Å². The molecular formula is C17H11ClF2N4O. The fourth-order valence-corrected chi connectivity index (χ4v) is 2.21. The number of carbonyl (C=O) groups excluding carboxylic acids is 1. The van der Waals surface area contributed by atoms with Gasteiger partial charge in [0.25, 0.3) is 5.91 Å². The molecule has 0 bridgehead atoms. The molecule has 2 N–H and O–H groups in total. The summed E-state index contributed by atoms with van der Waals surface area (Å²) >= 11 is 5.99. The summed E-state index contributed by atoms with van der Waals surface area (Å²) in [6.07, 6.45) is 1.30. The minimum atomic E-state index is -0.797. The zero-order valence-electron chi connectivity index (χ0n) is 12.6. The van der Waals surface area contributed by atoms with Gasteiger partial charge in [-0.25, -0.2) is 18.7 Å². The van der Waals surface area contributed by atoms with Crippen molar-refractivity contribution < 1.29 is 13.6 Å². The SMILES string of the molecule is O=C(Nc1ccccc1Cl)c1ccnc(Nc2c(F)cccc2F)n1. The Morgan fingerprint density at radius 3 is 2.44 bits per heavy atom. The van der Waals surface area contributed by atoms with Crippen molar-refractivity contribution in [1.29, 1.82) is 0 Å². The summed E-state index contributed by atoms with van der Waals surface area (Å²) in [6, 6.07) is 11.5. The van der Waals surface area contributed by atoms with Crippen molar-refractivity contribution in [3.05, 3.63) is 77.1 Å². The Bertz CT molecular complexity index is 916. The first-order valence-corrected chi connectivity index (χ1v) is 7.52. The monoisotopic (exact) mass is 360 g/mol. The van der Waals surface area contributed by atoms with Crippen molar-refractivity contribution in [3.63, 3.8) is 0 Å². The topological polar surface area (TPSA) is 66.9 Å². The maximum atomic E-state index is 13.7. The van der Waals surface area contributed by atoms with Crippen LogP contribution in [0.2, 0.25) is 5.02 Å². The van der Waals surface area contributed by atoms with Gasteiger partial charge in [-0.2, -0.15) is 0 Å². The van der Waals surface area contributed by atoms with Crippen LogP contribution in [0.1, 0.15) is 10.5 Å². The van der Waals surface area contributed by atoms with Gasteiger partial charge in [-0.1, -0.05) is 29.8 Å². The average Bonchev–Trinajstić information content (AvgIpc) is 2.60. The highest BCUT2D eigenvalue weighted by Crippen LogP contribution is 2.22. The molecule has 0 aliphatic rings. The molecule has 1 aromatic heterocycles. The summed E-state index contributed by atoms with van der Waals surface area (Å²) < 4.78 is 27.4. The van der Waals surface area contributed by atoms with E-state index in [-0.39, 0.29) is 11.6 Å². The maximum absolute atomic E-state index is 13.7. The van der Waals surface area contributed by atoms with E-state index < -0.39 is 23.2 Å². The van der Waals surface area contributed by atoms with E-state index in [1.165, 1.54) is 18.3 Å². The van der Waals surface area contributed by atoms with E-state index >= 15 is 0 Å². The van der Waals surface area contributed by atoms with E-state index in [9.17, 15) is 13.6 Å². The summed E-state index contributed by atoms with van der Waals surface area (Å²) in [7, 11) is 0. The molecule has 0 fully saturated rings. The molecule has 0 aliphatic carbocycles. The number of rotatable bonds is 4. The molecule has 0 atom stereocenters. The summed E-state index contributed by atoms with van der Waals surface area (Å²) in [5.41, 5.74) is 0.0303. The molecule has 0 aliphatic heterocycles. The van der Waals surface area contributed by atoms with Crippen molar-refractivity contribution in [3.8, 4) is 0 Å². The van der Waals surface area contributed by atoms with Gasteiger partial charge in [0.05, 0.1) is 10.7 Å². The highest BCUT2D eigenvalue weighted by Gasteiger charge is 2.13. The Kier molecular flexibility index (Phi) is 4.85. The molecule has 0 saturated carbocycles. The fourth-order valence-electron chi connectivity index (χ4n) is 2.02. The van der Waals surface area contributed by atoms with Crippen LogP contribution in [0, 0.1) is 11.6 Å². The average molecular weight is 361 g/mol. The van der Waals surface area contributed by atoms with Crippen LogP contribution >= 0.6 is 11.6 Å². The van der Waals surface area contributed by atoms with Crippen molar-refractivity contribution in [2.75, 3.05) is 10.6 Å².